The highest BCUT2D eigenvalue weighted by Gasteiger charge is 2.15. The van der Waals surface area contributed by atoms with E-state index in [0.717, 1.165) is 0 Å². The van der Waals surface area contributed by atoms with E-state index < -0.39 is 18.5 Å². The summed E-state index contributed by atoms with van der Waals surface area (Å²) in [6.45, 7) is -0.621. The topological polar surface area (TPSA) is 95.9 Å². The molecule has 0 aliphatic rings. The molecule has 1 aromatic heterocycles. The summed E-state index contributed by atoms with van der Waals surface area (Å²) in [6.07, 6.45) is 0. The summed E-state index contributed by atoms with van der Waals surface area (Å²) < 4.78 is 17.3. The largest absolute Gasteiger partial charge is 0.497 e. The van der Waals surface area contributed by atoms with Gasteiger partial charge in [0, 0.05) is 16.8 Å². The number of ether oxygens (including phenoxy) is 3. The van der Waals surface area contributed by atoms with Crippen molar-refractivity contribution in [2.24, 2.45) is 0 Å². The van der Waals surface area contributed by atoms with Crippen molar-refractivity contribution in [2.45, 2.75) is 6.54 Å². The Morgan fingerprint density at radius 1 is 0.879 bits per heavy atom. The lowest BCUT2D eigenvalue weighted by atomic mass is 10.1. The Bertz CT molecular complexity index is 1350. The summed E-state index contributed by atoms with van der Waals surface area (Å²) in [6, 6.07) is 19.1. The highest BCUT2D eigenvalue weighted by molar-refractivity contribution is 5.96. The molecular weight excluding hydrogens is 424 g/mol. The molecule has 0 unspecified atom stereocenters. The Morgan fingerprint density at radius 3 is 2.12 bits per heavy atom. The molecular formula is C25H22N2O6. The first kappa shape index (κ1) is 21.9. The van der Waals surface area contributed by atoms with Gasteiger partial charge in [-0.25, -0.2) is 0 Å². The predicted molar refractivity (Wildman–Crippen MR) is 125 cm³/mol. The van der Waals surface area contributed by atoms with Crippen LogP contribution in [0.25, 0.3) is 21.8 Å². The van der Waals surface area contributed by atoms with Crippen molar-refractivity contribution in [3.05, 3.63) is 77.0 Å². The number of aromatic nitrogens is 1. The van der Waals surface area contributed by atoms with Gasteiger partial charge in [-0.2, -0.15) is 0 Å². The van der Waals surface area contributed by atoms with Crippen LogP contribution in [-0.2, 0) is 20.9 Å². The van der Waals surface area contributed by atoms with E-state index >= 15 is 0 Å². The third-order valence-corrected chi connectivity index (χ3v) is 5.21. The van der Waals surface area contributed by atoms with Gasteiger partial charge in [0.05, 0.1) is 30.9 Å². The van der Waals surface area contributed by atoms with Crippen molar-refractivity contribution in [3.8, 4) is 11.5 Å². The van der Waals surface area contributed by atoms with Gasteiger partial charge in [0.1, 0.15) is 18.0 Å². The van der Waals surface area contributed by atoms with E-state index in [0.29, 0.717) is 39.0 Å². The molecule has 0 saturated carbocycles. The van der Waals surface area contributed by atoms with Crippen LogP contribution < -0.4 is 20.2 Å². The van der Waals surface area contributed by atoms with E-state index in [4.69, 9.17) is 14.2 Å². The normalized spacial score (nSPS) is 10.7. The van der Waals surface area contributed by atoms with Crippen molar-refractivity contribution < 1.29 is 23.8 Å². The van der Waals surface area contributed by atoms with E-state index in [1.807, 2.05) is 0 Å². The lowest BCUT2D eigenvalue weighted by Crippen LogP contribution is -2.24. The highest BCUT2D eigenvalue weighted by atomic mass is 16.5. The number of carbonyl (C=O) groups is 2. The van der Waals surface area contributed by atoms with Crippen LogP contribution in [0.5, 0.6) is 11.5 Å². The number of esters is 1. The van der Waals surface area contributed by atoms with E-state index in [1.165, 1.54) is 14.2 Å². The predicted octanol–water partition coefficient (Wildman–Crippen LogP) is 3.35. The molecule has 0 atom stereocenters. The Labute approximate surface area is 189 Å². The second-order valence-electron chi connectivity index (χ2n) is 7.22. The van der Waals surface area contributed by atoms with Crippen molar-refractivity contribution in [1.29, 1.82) is 0 Å². The lowest BCUT2D eigenvalue weighted by molar-refractivity contribution is -0.147. The van der Waals surface area contributed by atoms with Crippen LogP contribution in [0.1, 0.15) is 0 Å². The number of hydrogen-bond acceptors (Lipinski definition) is 6. The number of anilines is 1. The zero-order chi connectivity index (χ0) is 23.4. The SMILES string of the molecule is COc1ccc(NC(=O)COC(=O)Cn2c3ccccc3c(=O)c3ccccc32)c(OC)c1. The average molecular weight is 446 g/mol. The number of hydrogen-bond donors (Lipinski definition) is 1. The molecule has 33 heavy (non-hydrogen) atoms. The van der Waals surface area contributed by atoms with E-state index in [1.54, 1.807) is 71.3 Å². The Kier molecular flexibility index (Phi) is 6.26. The van der Waals surface area contributed by atoms with Gasteiger partial charge in [-0.1, -0.05) is 24.3 Å². The molecule has 4 rings (SSSR count). The van der Waals surface area contributed by atoms with Crippen LogP contribution in [0.3, 0.4) is 0 Å². The summed E-state index contributed by atoms with van der Waals surface area (Å²) in [5, 5.41) is 3.67. The molecule has 3 aromatic carbocycles. The van der Waals surface area contributed by atoms with Gasteiger partial charge in [0.25, 0.3) is 5.91 Å². The number of para-hydroxylation sites is 2. The molecule has 0 saturated heterocycles. The van der Waals surface area contributed by atoms with Crippen LogP contribution in [0.2, 0.25) is 0 Å². The molecule has 1 heterocycles. The highest BCUT2D eigenvalue weighted by Crippen LogP contribution is 2.29. The van der Waals surface area contributed by atoms with Crippen molar-refractivity contribution in [2.75, 3.05) is 26.1 Å². The van der Waals surface area contributed by atoms with Gasteiger partial charge in [-0.05, 0) is 36.4 Å². The van der Waals surface area contributed by atoms with Gasteiger partial charge in [-0.3, -0.25) is 14.4 Å². The first-order valence-corrected chi connectivity index (χ1v) is 10.2. The van der Waals surface area contributed by atoms with Crippen LogP contribution in [0, 0.1) is 0 Å². The summed E-state index contributed by atoms with van der Waals surface area (Å²) in [4.78, 5) is 37.8. The van der Waals surface area contributed by atoms with Gasteiger partial charge in [-0.15, -0.1) is 0 Å². The Hall–Kier alpha value is -4.33. The van der Waals surface area contributed by atoms with Gasteiger partial charge < -0.3 is 24.1 Å². The van der Waals surface area contributed by atoms with Crippen LogP contribution in [-0.4, -0.2) is 37.3 Å². The van der Waals surface area contributed by atoms with Gasteiger partial charge in [0.2, 0.25) is 0 Å². The summed E-state index contributed by atoms with van der Waals surface area (Å²) >= 11 is 0. The maximum atomic E-state index is 12.8. The first-order valence-electron chi connectivity index (χ1n) is 10.2. The van der Waals surface area contributed by atoms with Gasteiger partial charge >= 0.3 is 5.97 Å². The zero-order valence-electron chi connectivity index (χ0n) is 18.2. The number of amides is 1. The summed E-state index contributed by atoms with van der Waals surface area (Å²) in [5.41, 5.74) is 1.56. The maximum absolute atomic E-state index is 12.8. The Balaban J connectivity index is 1.50. The zero-order valence-corrected chi connectivity index (χ0v) is 18.2. The number of pyridine rings is 1. The smallest absolute Gasteiger partial charge is 0.326 e. The minimum Gasteiger partial charge on any atom is -0.497 e. The molecule has 8 nitrogen and oxygen atoms in total. The molecule has 0 radical (unpaired) electrons. The van der Waals surface area contributed by atoms with Crippen LogP contribution in [0.4, 0.5) is 5.69 Å². The molecule has 0 aliphatic heterocycles. The quantitative estimate of drug-likeness (QED) is 0.346. The number of fused-ring (bicyclic) bond motifs is 2. The average Bonchev–Trinajstić information content (AvgIpc) is 2.85. The van der Waals surface area contributed by atoms with Crippen molar-refractivity contribution in [1.82, 2.24) is 4.57 Å². The van der Waals surface area contributed by atoms with E-state index in [2.05, 4.69) is 5.32 Å². The fourth-order valence-corrected chi connectivity index (χ4v) is 3.66. The summed E-state index contributed by atoms with van der Waals surface area (Å²) in [5.74, 6) is -0.121. The van der Waals surface area contributed by atoms with Crippen LogP contribution >= 0.6 is 0 Å². The molecule has 1 N–H and O–H groups in total. The first-order chi connectivity index (χ1) is 16.0. The van der Waals surface area contributed by atoms with E-state index in [9.17, 15) is 14.4 Å². The summed E-state index contributed by atoms with van der Waals surface area (Å²) in [7, 11) is 3.00. The number of carbonyl (C=O) groups excluding carboxylic acids is 2. The molecule has 4 aromatic rings. The number of rotatable bonds is 7. The number of nitrogens with zero attached hydrogens (tertiary/aromatic N) is 1. The minimum atomic E-state index is -0.606. The standard InChI is InChI=1S/C25H22N2O6/c1-31-16-11-12-19(22(13-16)32-2)26-23(28)15-33-24(29)14-27-20-9-5-3-7-17(20)25(30)18-8-4-6-10-21(18)27/h3-13H,14-15H2,1-2H3,(H,26,28). The van der Waals surface area contributed by atoms with E-state index in [-0.39, 0.29) is 12.0 Å². The van der Waals surface area contributed by atoms with Crippen molar-refractivity contribution in [3.63, 3.8) is 0 Å². The Morgan fingerprint density at radius 2 is 1.52 bits per heavy atom. The second kappa shape index (κ2) is 9.44. The number of methoxy groups -OCH3 is 2. The fourth-order valence-electron chi connectivity index (χ4n) is 3.66. The van der Waals surface area contributed by atoms with Crippen LogP contribution in [0.15, 0.2) is 71.5 Å². The fraction of sp³-hybridized carbons (Fsp3) is 0.160. The molecule has 0 aliphatic carbocycles. The lowest BCUT2D eigenvalue weighted by Gasteiger charge is -2.15. The minimum absolute atomic E-state index is 0.0985. The molecule has 0 spiro atoms. The number of benzene rings is 3. The third kappa shape index (κ3) is 4.50. The molecule has 1 amide bonds. The molecule has 0 bridgehead atoms. The monoisotopic (exact) mass is 446 g/mol. The maximum Gasteiger partial charge on any atom is 0.326 e. The molecule has 0 fully saturated rings. The number of nitrogens with one attached hydrogen (secondary N) is 1. The third-order valence-electron chi connectivity index (χ3n) is 5.21. The second-order valence-corrected chi connectivity index (χ2v) is 7.22. The van der Waals surface area contributed by atoms with Crippen molar-refractivity contribution >= 4 is 39.4 Å². The molecule has 168 valence electrons. The van der Waals surface area contributed by atoms with Gasteiger partial charge in [0.15, 0.2) is 12.0 Å². The molecule has 8 heteroatoms.